The third-order valence-corrected chi connectivity index (χ3v) is 4.00. The van der Waals surface area contributed by atoms with E-state index in [0.29, 0.717) is 12.3 Å². The minimum Gasteiger partial charge on any atom is -0.348 e. The van der Waals surface area contributed by atoms with Gasteiger partial charge in [-0.05, 0) is 25.2 Å². The van der Waals surface area contributed by atoms with Gasteiger partial charge in [0.15, 0.2) is 0 Å². The van der Waals surface area contributed by atoms with Crippen LogP contribution < -0.4 is 10.6 Å². The van der Waals surface area contributed by atoms with E-state index >= 15 is 0 Å². The Labute approximate surface area is 121 Å². The van der Waals surface area contributed by atoms with Gasteiger partial charge in [-0.2, -0.15) is 8.78 Å². The Balaban J connectivity index is 0.00000200. The zero-order chi connectivity index (χ0) is 14.0. The molecular formula is C12H19ClF4N2O. The number of carbonyl (C=O) groups excluding carboxylic acids is 1. The minimum absolute atomic E-state index is 0. The minimum atomic E-state index is -4.17. The van der Waals surface area contributed by atoms with E-state index in [9.17, 15) is 22.4 Å². The molecule has 1 aliphatic carbocycles. The summed E-state index contributed by atoms with van der Waals surface area (Å²) in [6.45, 7) is -1.31. The summed E-state index contributed by atoms with van der Waals surface area (Å²) in [7, 11) is 0. The second-order valence-corrected chi connectivity index (χ2v) is 5.39. The summed E-state index contributed by atoms with van der Waals surface area (Å²) >= 11 is 0. The van der Waals surface area contributed by atoms with Crippen LogP contribution in [0.1, 0.15) is 32.1 Å². The lowest BCUT2D eigenvalue weighted by molar-refractivity contribution is -0.137. The number of carbonyl (C=O) groups is 1. The smallest absolute Gasteiger partial charge is 0.324 e. The van der Waals surface area contributed by atoms with Crippen LogP contribution in [0.5, 0.6) is 0 Å². The van der Waals surface area contributed by atoms with Gasteiger partial charge < -0.3 is 10.6 Å². The van der Waals surface area contributed by atoms with Crippen LogP contribution in [0, 0.1) is 5.92 Å². The van der Waals surface area contributed by atoms with Gasteiger partial charge in [-0.15, -0.1) is 12.4 Å². The number of amides is 1. The SMILES string of the molecule is Cl.O=C(NCC(F)(F)C(F)F)C1CC2CCCCC2N1. The third-order valence-electron chi connectivity index (χ3n) is 4.00. The Morgan fingerprint density at radius 2 is 1.95 bits per heavy atom. The predicted octanol–water partition coefficient (Wildman–Crippen LogP) is 2.35. The molecule has 3 unspecified atom stereocenters. The number of hydrogen-bond donors (Lipinski definition) is 2. The van der Waals surface area contributed by atoms with Gasteiger partial charge in [-0.1, -0.05) is 12.8 Å². The first-order chi connectivity index (χ1) is 8.90. The van der Waals surface area contributed by atoms with Crippen LogP contribution in [0.4, 0.5) is 17.6 Å². The second-order valence-electron chi connectivity index (χ2n) is 5.39. The molecule has 0 aromatic heterocycles. The Hall–Kier alpha value is -0.560. The molecule has 3 atom stereocenters. The zero-order valence-corrected chi connectivity index (χ0v) is 11.7. The highest BCUT2D eigenvalue weighted by molar-refractivity contribution is 5.85. The summed E-state index contributed by atoms with van der Waals surface area (Å²) in [6, 6.07) is -0.262. The fourth-order valence-electron chi connectivity index (χ4n) is 2.93. The standard InChI is InChI=1S/C12H18F4N2O.ClH/c13-11(14)12(15,16)6-17-10(19)9-5-7-3-1-2-4-8(7)18-9;/h7-9,11,18H,1-6H2,(H,17,19);1H. The molecule has 2 fully saturated rings. The molecule has 0 aromatic rings. The van der Waals surface area contributed by atoms with Crippen molar-refractivity contribution >= 4 is 18.3 Å². The van der Waals surface area contributed by atoms with Crippen molar-refractivity contribution in [2.75, 3.05) is 6.54 Å². The molecule has 8 heteroatoms. The molecule has 0 bridgehead atoms. The second kappa shape index (κ2) is 6.93. The summed E-state index contributed by atoms with van der Waals surface area (Å²) in [5.74, 6) is -4.36. The molecule has 1 saturated carbocycles. The monoisotopic (exact) mass is 318 g/mol. The van der Waals surface area contributed by atoms with Gasteiger partial charge in [0, 0.05) is 6.04 Å². The number of rotatable bonds is 4. The van der Waals surface area contributed by atoms with Crippen molar-refractivity contribution in [1.29, 1.82) is 0 Å². The van der Waals surface area contributed by atoms with Crippen LogP contribution in [0.2, 0.25) is 0 Å². The van der Waals surface area contributed by atoms with Crippen molar-refractivity contribution in [1.82, 2.24) is 10.6 Å². The maximum Gasteiger partial charge on any atom is 0.324 e. The Morgan fingerprint density at radius 1 is 1.30 bits per heavy atom. The molecular weight excluding hydrogens is 300 g/mol. The quantitative estimate of drug-likeness (QED) is 0.781. The van der Waals surface area contributed by atoms with E-state index in [-0.39, 0.29) is 18.4 Å². The number of halogens is 5. The van der Waals surface area contributed by atoms with Crippen molar-refractivity contribution in [3.05, 3.63) is 0 Å². The average molecular weight is 319 g/mol. The summed E-state index contributed by atoms with van der Waals surface area (Å²) in [4.78, 5) is 11.7. The Kier molecular flexibility index (Phi) is 6.06. The molecule has 1 aliphatic heterocycles. The molecule has 2 rings (SSSR count). The Bertz CT molecular complexity index is 329. The van der Waals surface area contributed by atoms with E-state index in [1.54, 1.807) is 0 Å². The van der Waals surface area contributed by atoms with Crippen molar-refractivity contribution in [3.8, 4) is 0 Å². The molecule has 1 heterocycles. The Morgan fingerprint density at radius 3 is 2.55 bits per heavy atom. The summed E-state index contributed by atoms with van der Waals surface area (Å²) in [5, 5.41) is 5.04. The van der Waals surface area contributed by atoms with Crippen molar-refractivity contribution in [3.63, 3.8) is 0 Å². The lowest BCUT2D eigenvalue weighted by Gasteiger charge is -2.24. The van der Waals surface area contributed by atoms with E-state index in [1.807, 2.05) is 5.32 Å². The number of fused-ring (bicyclic) bond motifs is 1. The van der Waals surface area contributed by atoms with Crippen LogP contribution in [0.15, 0.2) is 0 Å². The topological polar surface area (TPSA) is 41.1 Å². The maximum absolute atomic E-state index is 12.7. The maximum atomic E-state index is 12.7. The van der Waals surface area contributed by atoms with Crippen LogP contribution in [0.3, 0.4) is 0 Å². The van der Waals surface area contributed by atoms with Crippen LogP contribution in [0.25, 0.3) is 0 Å². The van der Waals surface area contributed by atoms with Crippen molar-refractivity contribution < 1.29 is 22.4 Å². The number of hydrogen-bond acceptors (Lipinski definition) is 2. The highest BCUT2D eigenvalue weighted by atomic mass is 35.5. The molecule has 1 amide bonds. The molecule has 0 spiro atoms. The summed E-state index contributed by atoms with van der Waals surface area (Å²) in [5.41, 5.74) is 0. The first kappa shape index (κ1) is 17.5. The molecule has 3 nitrogen and oxygen atoms in total. The first-order valence-corrected chi connectivity index (χ1v) is 6.60. The molecule has 1 saturated heterocycles. The van der Waals surface area contributed by atoms with E-state index in [4.69, 9.17) is 0 Å². The molecule has 2 N–H and O–H groups in total. The lowest BCUT2D eigenvalue weighted by atomic mass is 9.85. The lowest BCUT2D eigenvalue weighted by Crippen LogP contribution is -2.48. The molecule has 20 heavy (non-hydrogen) atoms. The van der Waals surface area contributed by atoms with Gasteiger partial charge in [0.25, 0.3) is 0 Å². The summed E-state index contributed by atoms with van der Waals surface area (Å²) in [6.07, 6.45) is 1.10. The third kappa shape index (κ3) is 3.97. The first-order valence-electron chi connectivity index (χ1n) is 6.60. The summed E-state index contributed by atoms with van der Waals surface area (Å²) < 4.78 is 49.3. The van der Waals surface area contributed by atoms with E-state index in [0.717, 1.165) is 25.7 Å². The van der Waals surface area contributed by atoms with Crippen LogP contribution >= 0.6 is 12.4 Å². The normalized spacial score (nSPS) is 29.8. The molecule has 0 aromatic carbocycles. The van der Waals surface area contributed by atoms with Crippen LogP contribution in [-0.2, 0) is 4.79 Å². The number of nitrogens with one attached hydrogen (secondary N) is 2. The largest absolute Gasteiger partial charge is 0.348 e. The predicted molar refractivity (Wildman–Crippen MR) is 68.5 cm³/mol. The van der Waals surface area contributed by atoms with Gasteiger partial charge in [0.05, 0.1) is 12.6 Å². The molecule has 118 valence electrons. The fourth-order valence-corrected chi connectivity index (χ4v) is 2.93. The molecule has 0 radical (unpaired) electrons. The highest BCUT2D eigenvalue weighted by Crippen LogP contribution is 2.33. The molecule has 2 aliphatic rings. The van der Waals surface area contributed by atoms with Gasteiger partial charge in [-0.25, -0.2) is 8.78 Å². The van der Waals surface area contributed by atoms with E-state index < -0.39 is 30.8 Å². The van der Waals surface area contributed by atoms with Gasteiger partial charge in [-0.3, -0.25) is 4.79 Å². The fraction of sp³-hybridized carbons (Fsp3) is 0.917. The van der Waals surface area contributed by atoms with Gasteiger partial charge >= 0.3 is 12.3 Å². The van der Waals surface area contributed by atoms with Crippen molar-refractivity contribution in [2.24, 2.45) is 5.92 Å². The van der Waals surface area contributed by atoms with Crippen molar-refractivity contribution in [2.45, 2.75) is 56.5 Å². The van der Waals surface area contributed by atoms with Crippen LogP contribution in [-0.4, -0.2) is 36.9 Å². The van der Waals surface area contributed by atoms with E-state index in [2.05, 4.69) is 5.32 Å². The number of alkyl halides is 4. The average Bonchev–Trinajstić information content (AvgIpc) is 2.79. The van der Waals surface area contributed by atoms with Gasteiger partial charge in [0.1, 0.15) is 0 Å². The van der Waals surface area contributed by atoms with E-state index in [1.165, 1.54) is 0 Å². The van der Waals surface area contributed by atoms with Gasteiger partial charge in [0.2, 0.25) is 5.91 Å². The highest BCUT2D eigenvalue weighted by Gasteiger charge is 2.43. The zero-order valence-electron chi connectivity index (χ0n) is 10.9.